The number of ether oxygens (including phenoxy) is 1. The molecule has 0 aliphatic rings. The number of hydrogen-bond acceptors (Lipinski definition) is 4. The van der Waals surface area contributed by atoms with Gasteiger partial charge in [0.15, 0.2) is 0 Å². The SMILES string of the molecule is CCC(O)C(C(=O)OCC=C(C)CCC=C(C)CCC=C(C)C)N(C)C. The number of aliphatic hydroxyl groups is 1. The van der Waals surface area contributed by atoms with E-state index in [-0.39, 0.29) is 12.6 Å². The average molecular weight is 366 g/mol. The van der Waals surface area contributed by atoms with Crippen LogP contribution >= 0.6 is 0 Å². The fourth-order valence-corrected chi connectivity index (χ4v) is 2.63. The Morgan fingerprint density at radius 1 is 1.00 bits per heavy atom. The minimum absolute atomic E-state index is 0.259. The standard InChI is InChI=1S/C22H39NO3/c1-8-20(24)21(23(6)7)22(25)26-16-15-19(5)14-10-13-18(4)12-9-11-17(2)3/h11,13,15,20-21,24H,8-10,12,14,16H2,1-7H3. The lowest BCUT2D eigenvalue weighted by atomic mass is 10.1. The van der Waals surface area contributed by atoms with Gasteiger partial charge in [0.25, 0.3) is 0 Å². The maximum Gasteiger partial charge on any atom is 0.326 e. The number of nitrogens with zero attached hydrogens (tertiary/aromatic N) is 1. The molecule has 0 aromatic heterocycles. The van der Waals surface area contributed by atoms with Crippen molar-refractivity contribution >= 4 is 5.97 Å². The van der Waals surface area contributed by atoms with Crippen LogP contribution in [0.1, 0.15) is 66.7 Å². The summed E-state index contributed by atoms with van der Waals surface area (Å²) in [6.45, 7) is 10.6. The predicted octanol–water partition coefficient (Wildman–Crippen LogP) is 4.65. The lowest BCUT2D eigenvalue weighted by molar-refractivity contribution is -0.152. The third kappa shape index (κ3) is 11.3. The van der Waals surface area contributed by atoms with Crippen LogP contribution in [0, 0.1) is 0 Å². The molecule has 0 aliphatic heterocycles. The number of allylic oxidation sites excluding steroid dienone is 5. The summed E-state index contributed by atoms with van der Waals surface area (Å²) in [6.07, 6.45) is 10.5. The van der Waals surface area contributed by atoms with Gasteiger partial charge in [0.2, 0.25) is 0 Å². The number of carbonyl (C=O) groups is 1. The smallest absolute Gasteiger partial charge is 0.326 e. The topological polar surface area (TPSA) is 49.8 Å². The molecule has 0 aliphatic carbocycles. The second-order valence-corrected chi connectivity index (χ2v) is 7.47. The summed E-state index contributed by atoms with van der Waals surface area (Å²) in [7, 11) is 3.55. The van der Waals surface area contributed by atoms with Crippen LogP contribution in [0.4, 0.5) is 0 Å². The highest BCUT2D eigenvalue weighted by atomic mass is 16.5. The van der Waals surface area contributed by atoms with E-state index < -0.39 is 12.1 Å². The molecule has 0 amide bonds. The molecule has 26 heavy (non-hydrogen) atoms. The molecular weight excluding hydrogens is 326 g/mol. The minimum Gasteiger partial charge on any atom is -0.460 e. The van der Waals surface area contributed by atoms with Gasteiger partial charge < -0.3 is 9.84 Å². The van der Waals surface area contributed by atoms with Crippen LogP contribution in [-0.2, 0) is 9.53 Å². The van der Waals surface area contributed by atoms with Crippen molar-refractivity contribution in [1.29, 1.82) is 0 Å². The highest BCUT2D eigenvalue weighted by molar-refractivity contribution is 5.76. The zero-order valence-corrected chi connectivity index (χ0v) is 17.8. The molecule has 0 fully saturated rings. The van der Waals surface area contributed by atoms with Gasteiger partial charge in [0, 0.05) is 0 Å². The van der Waals surface area contributed by atoms with Crippen LogP contribution in [0.5, 0.6) is 0 Å². The first-order valence-electron chi connectivity index (χ1n) is 9.64. The summed E-state index contributed by atoms with van der Waals surface area (Å²) >= 11 is 0. The van der Waals surface area contributed by atoms with E-state index in [1.165, 1.54) is 16.7 Å². The van der Waals surface area contributed by atoms with Gasteiger partial charge >= 0.3 is 5.97 Å². The second-order valence-electron chi connectivity index (χ2n) is 7.47. The maximum absolute atomic E-state index is 12.2. The minimum atomic E-state index is -0.706. The summed E-state index contributed by atoms with van der Waals surface area (Å²) < 4.78 is 5.32. The lowest BCUT2D eigenvalue weighted by Crippen LogP contribution is -2.46. The molecule has 2 atom stereocenters. The lowest BCUT2D eigenvalue weighted by Gasteiger charge is -2.26. The van der Waals surface area contributed by atoms with E-state index in [9.17, 15) is 9.90 Å². The maximum atomic E-state index is 12.2. The molecule has 0 aromatic rings. The molecule has 2 unspecified atom stereocenters. The molecule has 0 radical (unpaired) electrons. The Hall–Kier alpha value is -1.39. The van der Waals surface area contributed by atoms with Crippen LogP contribution < -0.4 is 0 Å². The summed E-state index contributed by atoms with van der Waals surface area (Å²) in [5, 5.41) is 9.96. The van der Waals surface area contributed by atoms with Gasteiger partial charge in [-0.25, -0.2) is 0 Å². The predicted molar refractivity (Wildman–Crippen MR) is 110 cm³/mol. The van der Waals surface area contributed by atoms with Gasteiger partial charge in [0.05, 0.1) is 6.10 Å². The zero-order valence-electron chi connectivity index (χ0n) is 17.8. The van der Waals surface area contributed by atoms with Crippen LogP contribution in [0.25, 0.3) is 0 Å². The van der Waals surface area contributed by atoms with Gasteiger partial charge in [-0.15, -0.1) is 0 Å². The van der Waals surface area contributed by atoms with E-state index >= 15 is 0 Å². The van der Waals surface area contributed by atoms with E-state index in [4.69, 9.17) is 4.74 Å². The van der Waals surface area contributed by atoms with Crippen LogP contribution in [0.3, 0.4) is 0 Å². The summed E-state index contributed by atoms with van der Waals surface area (Å²) in [6, 6.07) is -0.611. The number of carbonyl (C=O) groups excluding carboxylic acids is 1. The van der Waals surface area contributed by atoms with Crippen LogP contribution in [-0.4, -0.2) is 48.8 Å². The summed E-state index contributed by atoms with van der Waals surface area (Å²) in [5.74, 6) is -0.372. The van der Waals surface area contributed by atoms with Gasteiger partial charge in [-0.2, -0.15) is 0 Å². The molecule has 0 aromatic carbocycles. The number of esters is 1. The second kappa shape index (κ2) is 13.8. The van der Waals surface area contributed by atoms with Crippen molar-refractivity contribution < 1.29 is 14.6 Å². The van der Waals surface area contributed by atoms with E-state index in [1.807, 2.05) is 13.0 Å². The average Bonchev–Trinajstić information content (AvgIpc) is 2.54. The number of rotatable bonds is 12. The van der Waals surface area contributed by atoms with Crippen LogP contribution in [0.15, 0.2) is 34.9 Å². The molecule has 0 spiro atoms. The molecule has 1 N–H and O–H groups in total. The van der Waals surface area contributed by atoms with Crippen molar-refractivity contribution in [3.63, 3.8) is 0 Å². The molecular formula is C22H39NO3. The van der Waals surface area contributed by atoms with Crippen molar-refractivity contribution in [2.45, 2.75) is 78.9 Å². The number of likely N-dealkylation sites (N-methyl/N-ethyl adjacent to an activating group) is 1. The quantitative estimate of drug-likeness (QED) is 0.404. The summed E-state index contributed by atoms with van der Waals surface area (Å²) in [4.78, 5) is 13.9. The molecule has 0 bridgehead atoms. The number of hydrogen-bond donors (Lipinski definition) is 1. The Balaban J connectivity index is 4.28. The monoisotopic (exact) mass is 365 g/mol. The summed E-state index contributed by atoms with van der Waals surface area (Å²) in [5.41, 5.74) is 4.00. The molecule has 4 nitrogen and oxygen atoms in total. The first kappa shape index (κ1) is 24.6. The molecule has 150 valence electrons. The van der Waals surface area contributed by atoms with E-state index in [0.717, 1.165) is 25.7 Å². The van der Waals surface area contributed by atoms with Crippen molar-refractivity contribution in [2.75, 3.05) is 20.7 Å². The van der Waals surface area contributed by atoms with Gasteiger partial charge in [-0.1, -0.05) is 35.8 Å². The Kier molecular flexibility index (Phi) is 13.0. The van der Waals surface area contributed by atoms with Crippen molar-refractivity contribution in [1.82, 2.24) is 4.90 Å². The highest BCUT2D eigenvalue weighted by Crippen LogP contribution is 2.12. The van der Waals surface area contributed by atoms with Gasteiger partial charge in [0.1, 0.15) is 12.6 Å². The van der Waals surface area contributed by atoms with E-state index in [1.54, 1.807) is 19.0 Å². The van der Waals surface area contributed by atoms with Crippen LogP contribution in [0.2, 0.25) is 0 Å². The third-order valence-electron chi connectivity index (χ3n) is 4.36. The Morgan fingerprint density at radius 2 is 1.54 bits per heavy atom. The largest absolute Gasteiger partial charge is 0.460 e. The van der Waals surface area contributed by atoms with E-state index in [2.05, 4.69) is 39.8 Å². The van der Waals surface area contributed by atoms with Gasteiger partial charge in [-0.3, -0.25) is 9.69 Å². The first-order valence-corrected chi connectivity index (χ1v) is 9.64. The molecule has 0 saturated heterocycles. The molecule has 0 heterocycles. The Labute approximate surface area is 160 Å². The zero-order chi connectivity index (χ0) is 20.1. The fourth-order valence-electron chi connectivity index (χ4n) is 2.63. The van der Waals surface area contributed by atoms with E-state index in [0.29, 0.717) is 6.42 Å². The molecule has 4 heteroatoms. The normalized spacial score (nSPS) is 15.0. The number of aliphatic hydroxyl groups excluding tert-OH is 1. The molecule has 0 rings (SSSR count). The fraction of sp³-hybridized carbons (Fsp3) is 0.682. The molecule has 0 saturated carbocycles. The Bertz CT molecular complexity index is 500. The first-order chi connectivity index (χ1) is 12.2. The third-order valence-corrected chi connectivity index (χ3v) is 4.36. The Morgan fingerprint density at radius 3 is 2.04 bits per heavy atom. The van der Waals surface area contributed by atoms with Gasteiger partial charge in [-0.05, 0) is 80.0 Å². The van der Waals surface area contributed by atoms with Crippen molar-refractivity contribution in [3.8, 4) is 0 Å². The van der Waals surface area contributed by atoms with Crippen molar-refractivity contribution in [3.05, 3.63) is 34.9 Å². The highest BCUT2D eigenvalue weighted by Gasteiger charge is 2.28. The van der Waals surface area contributed by atoms with Crippen molar-refractivity contribution in [2.24, 2.45) is 0 Å².